The van der Waals surface area contributed by atoms with Crippen molar-refractivity contribution in [2.45, 2.75) is 38.8 Å². The van der Waals surface area contributed by atoms with Crippen LogP contribution in [0.3, 0.4) is 0 Å². The number of amides is 2. The third kappa shape index (κ3) is 5.47. The highest BCUT2D eigenvalue weighted by molar-refractivity contribution is 5.73. The van der Waals surface area contributed by atoms with Gasteiger partial charge in [0.2, 0.25) is 5.88 Å². The number of hydrogen-bond donors (Lipinski definition) is 2. The van der Waals surface area contributed by atoms with Gasteiger partial charge in [-0.3, -0.25) is 4.90 Å². The third-order valence-electron chi connectivity index (χ3n) is 4.73. The summed E-state index contributed by atoms with van der Waals surface area (Å²) in [7, 11) is 0. The molecule has 0 aliphatic carbocycles. The largest absolute Gasteiger partial charge is 0.478 e. The summed E-state index contributed by atoms with van der Waals surface area (Å²) in [6.45, 7) is 5.38. The first-order chi connectivity index (χ1) is 13.3. The number of hydrogen-bond acceptors (Lipinski definition) is 5. The number of furan rings is 1. The molecule has 3 heterocycles. The Morgan fingerprint density at radius 2 is 2.11 bits per heavy atom. The van der Waals surface area contributed by atoms with Gasteiger partial charge in [0.1, 0.15) is 5.76 Å². The maximum absolute atomic E-state index is 12.3. The Morgan fingerprint density at radius 1 is 1.26 bits per heavy atom. The molecule has 1 saturated heterocycles. The van der Waals surface area contributed by atoms with Crippen molar-refractivity contribution in [3.63, 3.8) is 0 Å². The van der Waals surface area contributed by atoms with Crippen LogP contribution in [0.5, 0.6) is 5.88 Å². The summed E-state index contributed by atoms with van der Waals surface area (Å²) in [5, 5.41) is 5.86. The summed E-state index contributed by atoms with van der Waals surface area (Å²) >= 11 is 0. The van der Waals surface area contributed by atoms with Crippen molar-refractivity contribution in [3.05, 3.63) is 48.0 Å². The van der Waals surface area contributed by atoms with E-state index in [1.807, 2.05) is 31.2 Å². The second-order valence-corrected chi connectivity index (χ2v) is 6.59. The first-order valence-electron chi connectivity index (χ1n) is 9.63. The highest BCUT2D eigenvalue weighted by Gasteiger charge is 2.24. The fourth-order valence-electron chi connectivity index (χ4n) is 3.37. The highest BCUT2D eigenvalue weighted by atomic mass is 16.5. The lowest BCUT2D eigenvalue weighted by Gasteiger charge is -2.33. The standard InChI is InChI=1S/C20H28N4O3/c1-2-26-19-16(8-6-10-21-19)14-22-20(25)23-15-17(18-9-7-13-27-18)24-11-4-3-5-12-24/h6-10,13,17H,2-5,11-12,14-15H2,1H3,(H2,22,23,25). The number of urea groups is 1. The van der Waals surface area contributed by atoms with Crippen LogP contribution in [0.4, 0.5) is 4.79 Å². The van der Waals surface area contributed by atoms with E-state index in [2.05, 4.69) is 20.5 Å². The van der Waals surface area contributed by atoms with Crippen LogP contribution in [0.15, 0.2) is 41.1 Å². The Balaban J connectivity index is 1.53. The number of carbonyl (C=O) groups excluding carboxylic acids is 1. The number of nitrogens with zero attached hydrogens (tertiary/aromatic N) is 2. The number of rotatable bonds is 8. The van der Waals surface area contributed by atoms with Crippen LogP contribution >= 0.6 is 0 Å². The number of ether oxygens (including phenoxy) is 1. The summed E-state index contributed by atoms with van der Waals surface area (Å²) in [6, 6.07) is 7.45. The third-order valence-corrected chi connectivity index (χ3v) is 4.73. The first kappa shape index (κ1) is 19.2. The van der Waals surface area contributed by atoms with Gasteiger partial charge in [-0.05, 0) is 51.1 Å². The van der Waals surface area contributed by atoms with Gasteiger partial charge < -0.3 is 19.8 Å². The van der Waals surface area contributed by atoms with Crippen molar-refractivity contribution in [2.75, 3.05) is 26.2 Å². The highest BCUT2D eigenvalue weighted by Crippen LogP contribution is 2.24. The number of nitrogens with one attached hydrogen (secondary N) is 2. The van der Waals surface area contributed by atoms with Crippen molar-refractivity contribution < 1.29 is 13.9 Å². The van der Waals surface area contributed by atoms with E-state index in [0.29, 0.717) is 25.6 Å². The molecular formula is C20H28N4O3. The fraction of sp³-hybridized carbons (Fsp3) is 0.500. The van der Waals surface area contributed by atoms with Crippen LogP contribution in [0, 0.1) is 0 Å². The Labute approximate surface area is 160 Å². The summed E-state index contributed by atoms with van der Waals surface area (Å²) in [5.74, 6) is 1.45. The molecule has 0 radical (unpaired) electrons. The first-order valence-corrected chi connectivity index (χ1v) is 9.63. The predicted octanol–water partition coefficient (Wildman–Crippen LogP) is 3.10. The van der Waals surface area contributed by atoms with Gasteiger partial charge in [-0.25, -0.2) is 9.78 Å². The Kier molecular flexibility index (Phi) is 7.10. The second-order valence-electron chi connectivity index (χ2n) is 6.59. The zero-order chi connectivity index (χ0) is 18.9. The van der Waals surface area contributed by atoms with Crippen molar-refractivity contribution in [3.8, 4) is 5.88 Å². The van der Waals surface area contributed by atoms with Crippen LogP contribution in [0.25, 0.3) is 0 Å². The SMILES string of the molecule is CCOc1ncccc1CNC(=O)NCC(c1ccco1)N1CCCCC1. The minimum atomic E-state index is -0.213. The van der Waals surface area contributed by atoms with E-state index >= 15 is 0 Å². The predicted molar refractivity (Wildman–Crippen MR) is 103 cm³/mol. The van der Waals surface area contributed by atoms with Crippen LogP contribution in [-0.2, 0) is 6.54 Å². The smallest absolute Gasteiger partial charge is 0.315 e. The molecule has 1 aliphatic rings. The topological polar surface area (TPSA) is 79.6 Å². The van der Waals surface area contributed by atoms with E-state index in [4.69, 9.17) is 9.15 Å². The molecular weight excluding hydrogens is 344 g/mol. The van der Waals surface area contributed by atoms with Crippen LogP contribution in [0.1, 0.15) is 43.6 Å². The molecule has 1 atom stereocenters. The van der Waals surface area contributed by atoms with Crippen molar-refractivity contribution >= 4 is 6.03 Å². The van der Waals surface area contributed by atoms with Gasteiger partial charge in [0, 0.05) is 24.8 Å². The maximum Gasteiger partial charge on any atom is 0.315 e. The summed E-state index contributed by atoms with van der Waals surface area (Å²) in [5.41, 5.74) is 0.855. The Hall–Kier alpha value is -2.54. The van der Waals surface area contributed by atoms with E-state index in [0.717, 1.165) is 24.4 Å². The lowest BCUT2D eigenvalue weighted by molar-refractivity contribution is 0.143. The maximum atomic E-state index is 12.3. The van der Waals surface area contributed by atoms with Gasteiger partial charge >= 0.3 is 6.03 Å². The molecule has 1 aliphatic heterocycles. The number of likely N-dealkylation sites (tertiary alicyclic amines) is 1. The molecule has 3 rings (SSSR count). The zero-order valence-corrected chi connectivity index (χ0v) is 15.8. The quantitative estimate of drug-likeness (QED) is 0.744. The van der Waals surface area contributed by atoms with Crippen molar-refractivity contribution in [2.24, 2.45) is 0 Å². The Bertz CT molecular complexity index is 699. The van der Waals surface area contributed by atoms with E-state index in [-0.39, 0.29) is 12.1 Å². The lowest BCUT2D eigenvalue weighted by Crippen LogP contribution is -2.43. The van der Waals surface area contributed by atoms with E-state index in [9.17, 15) is 4.79 Å². The van der Waals surface area contributed by atoms with Crippen molar-refractivity contribution in [1.82, 2.24) is 20.5 Å². The molecule has 2 aromatic rings. The number of pyridine rings is 1. The lowest BCUT2D eigenvalue weighted by atomic mass is 10.1. The number of piperidine rings is 1. The average molecular weight is 372 g/mol. The van der Waals surface area contributed by atoms with Gasteiger partial charge in [0.25, 0.3) is 0 Å². The monoisotopic (exact) mass is 372 g/mol. The van der Waals surface area contributed by atoms with Crippen molar-refractivity contribution in [1.29, 1.82) is 0 Å². The van der Waals surface area contributed by atoms with E-state index in [1.54, 1.807) is 12.5 Å². The number of aromatic nitrogens is 1. The molecule has 146 valence electrons. The minimum absolute atomic E-state index is 0.0587. The van der Waals surface area contributed by atoms with Gasteiger partial charge in [-0.15, -0.1) is 0 Å². The molecule has 2 N–H and O–H groups in total. The molecule has 2 amide bonds. The summed E-state index contributed by atoms with van der Waals surface area (Å²) in [6.07, 6.45) is 7.00. The van der Waals surface area contributed by atoms with Crippen LogP contribution in [0.2, 0.25) is 0 Å². The normalized spacial score (nSPS) is 15.9. The minimum Gasteiger partial charge on any atom is -0.478 e. The fourth-order valence-corrected chi connectivity index (χ4v) is 3.37. The molecule has 0 bridgehead atoms. The molecule has 27 heavy (non-hydrogen) atoms. The molecule has 7 heteroatoms. The molecule has 7 nitrogen and oxygen atoms in total. The Morgan fingerprint density at radius 3 is 2.85 bits per heavy atom. The van der Waals surface area contributed by atoms with Gasteiger partial charge in [0.15, 0.2) is 0 Å². The average Bonchev–Trinajstić information content (AvgIpc) is 3.23. The van der Waals surface area contributed by atoms with E-state index in [1.165, 1.54) is 19.3 Å². The molecule has 1 fully saturated rings. The molecule has 0 saturated carbocycles. The van der Waals surface area contributed by atoms with E-state index < -0.39 is 0 Å². The van der Waals surface area contributed by atoms with Gasteiger partial charge in [-0.1, -0.05) is 12.5 Å². The molecule has 2 aromatic heterocycles. The molecule has 1 unspecified atom stereocenters. The van der Waals surface area contributed by atoms with Gasteiger partial charge in [-0.2, -0.15) is 0 Å². The zero-order valence-electron chi connectivity index (χ0n) is 15.8. The summed E-state index contributed by atoms with van der Waals surface area (Å²) in [4.78, 5) is 18.9. The molecule has 0 aromatic carbocycles. The molecule has 0 spiro atoms. The van der Waals surface area contributed by atoms with Gasteiger partial charge in [0.05, 0.1) is 18.9 Å². The van der Waals surface area contributed by atoms with Crippen LogP contribution < -0.4 is 15.4 Å². The van der Waals surface area contributed by atoms with Crippen LogP contribution in [-0.4, -0.2) is 42.2 Å². The number of carbonyl (C=O) groups is 1. The summed E-state index contributed by atoms with van der Waals surface area (Å²) < 4.78 is 11.1. The second kappa shape index (κ2) is 9.97.